The lowest BCUT2D eigenvalue weighted by atomic mass is 10.2. The molecule has 0 unspecified atom stereocenters. The van der Waals surface area contributed by atoms with Crippen molar-refractivity contribution in [3.05, 3.63) is 74.9 Å². The van der Waals surface area contributed by atoms with E-state index in [1.165, 1.54) is 24.4 Å². The lowest BCUT2D eigenvalue weighted by Crippen LogP contribution is -2.12. The molecular weight excluding hydrogens is 390 g/mol. The number of hydrogen-bond acceptors (Lipinski definition) is 6. The summed E-state index contributed by atoms with van der Waals surface area (Å²) in [6.07, 6.45) is 3.00. The highest BCUT2D eigenvalue weighted by Crippen LogP contribution is 2.28. The van der Waals surface area contributed by atoms with Crippen LogP contribution in [-0.4, -0.2) is 25.4 Å². The number of rotatable bonds is 4. The number of nitro benzene ring substituents is 1. The topological polar surface area (TPSA) is 102 Å². The molecule has 3 aromatic heterocycles. The zero-order valence-electron chi connectivity index (χ0n) is 13.5. The fourth-order valence-corrected chi connectivity index (χ4v) is 3.48. The van der Waals surface area contributed by atoms with Crippen molar-refractivity contribution in [2.24, 2.45) is 0 Å². The van der Waals surface area contributed by atoms with Gasteiger partial charge in [0, 0.05) is 18.3 Å². The number of nitrogens with one attached hydrogen (secondary N) is 1. The number of thiophene rings is 1. The van der Waals surface area contributed by atoms with Gasteiger partial charge in [-0.1, -0.05) is 17.7 Å². The van der Waals surface area contributed by atoms with E-state index >= 15 is 0 Å². The summed E-state index contributed by atoms with van der Waals surface area (Å²) < 4.78 is 1.58. The van der Waals surface area contributed by atoms with E-state index < -0.39 is 10.8 Å². The van der Waals surface area contributed by atoms with Gasteiger partial charge in [0.25, 0.3) is 11.6 Å². The summed E-state index contributed by atoms with van der Waals surface area (Å²) in [7, 11) is 0. The Labute approximate surface area is 161 Å². The van der Waals surface area contributed by atoms with Gasteiger partial charge in [0.1, 0.15) is 5.56 Å². The number of halogens is 1. The molecule has 10 heteroatoms. The number of hydrogen-bond donors (Lipinski definition) is 1. The normalized spacial score (nSPS) is 10.9. The number of carbonyl (C=O) groups excluding carboxylic acids is 1. The van der Waals surface area contributed by atoms with Crippen LogP contribution in [-0.2, 0) is 0 Å². The Morgan fingerprint density at radius 2 is 2.15 bits per heavy atom. The van der Waals surface area contributed by atoms with Crippen molar-refractivity contribution in [3.8, 4) is 10.6 Å². The third kappa shape index (κ3) is 3.14. The second-order valence-corrected chi connectivity index (χ2v) is 6.83. The Balaban J connectivity index is 1.71. The summed E-state index contributed by atoms with van der Waals surface area (Å²) >= 11 is 7.59. The van der Waals surface area contributed by atoms with Gasteiger partial charge in [0.05, 0.1) is 32.4 Å². The number of aromatic nitrogens is 3. The molecule has 0 bridgehead atoms. The maximum Gasteiger partial charge on any atom is 0.271 e. The molecule has 0 radical (unpaired) electrons. The zero-order valence-corrected chi connectivity index (χ0v) is 15.1. The summed E-state index contributed by atoms with van der Waals surface area (Å²) in [4.78, 5) is 28.3. The number of amides is 1. The molecule has 0 aliphatic rings. The summed E-state index contributed by atoms with van der Waals surface area (Å²) in [6, 6.07) is 9.51. The lowest BCUT2D eigenvalue weighted by molar-refractivity contribution is -0.384. The number of carbonyl (C=O) groups is 1. The van der Waals surface area contributed by atoms with Gasteiger partial charge in [-0.05, 0) is 23.6 Å². The number of nitro groups is 1. The minimum Gasteiger partial charge on any atom is -0.320 e. The minimum absolute atomic E-state index is 0.143. The van der Waals surface area contributed by atoms with Crippen molar-refractivity contribution in [1.29, 1.82) is 0 Å². The van der Waals surface area contributed by atoms with E-state index in [2.05, 4.69) is 15.4 Å². The molecule has 0 saturated carbocycles. The van der Waals surface area contributed by atoms with Gasteiger partial charge < -0.3 is 5.32 Å². The Bertz CT molecular complexity index is 1170. The molecule has 0 saturated heterocycles. The van der Waals surface area contributed by atoms with E-state index in [4.69, 9.17) is 11.6 Å². The van der Waals surface area contributed by atoms with E-state index in [0.717, 1.165) is 10.6 Å². The van der Waals surface area contributed by atoms with Crippen molar-refractivity contribution >= 4 is 45.9 Å². The highest BCUT2D eigenvalue weighted by atomic mass is 35.5. The quantitative estimate of drug-likeness (QED) is 0.407. The van der Waals surface area contributed by atoms with Crippen LogP contribution in [0.1, 0.15) is 10.4 Å². The third-order valence-corrected chi connectivity index (χ3v) is 5.05. The molecule has 4 aromatic rings. The first kappa shape index (κ1) is 17.1. The molecule has 1 N–H and O–H groups in total. The first-order chi connectivity index (χ1) is 13.0. The molecule has 3 heterocycles. The van der Waals surface area contributed by atoms with Crippen molar-refractivity contribution in [1.82, 2.24) is 14.6 Å². The second kappa shape index (κ2) is 6.78. The van der Waals surface area contributed by atoms with E-state index in [1.807, 2.05) is 23.6 Å². The highest BCUT2D eigenvalue weighted by Gasteiger charge is 2.19. The van der Waals surface area contributed by atoms with Crippen LogP contribution in [0.15, 0.2) is 54.2 Å². The van der Waals surface area contributed by atoms with Crippen molar-refractivity contribution in [2.45, 2.75) is 0 Å². The number of anilines is 1. The Hall–Kier alpha value is -3.30. The average Bonchev–Trinajstić information content (AvgIpc) is 3.32. The van der Waals surface area contributed by atoms with Crippen molar-refractivity contribution < 1.29 is 9.72 Å². The summed E-state index contributed by atoms with van der Waals surface area (Å²) in [6.45, 7) is 0. The summed E-state index contributed by atoms with van der Waals surface area (Å²) in [5.74, 6) is -0.511. The number of nitrogens with zero attached hydrogens (tertiary/aromatic N) is 4. The van der Waals surface area contributed by atoms with E-state index in [1.54, 1.807) is 22.0 Å². The number of non-ortho nitro benzene ring substituents is 1. The third-order valence-electron chi connectivity index (χ3n) is 3.83. The number of benzene rings is 1. The van der Waals surface area contributed by atoms with Crippen LogP contribution in [0.4, 0.5) is 11.4 Å². The highest BCUT2D eigenvalue weighted by molar-refractivity contribution is 7.13. The predicted octanol–water partition coefficient (Wildman–Crippen LogP) is 4.27. The molecule has 0 spiro atoms. The van der Waals surface area contributed by atoms with Gasteiger partial charge in [0.15, 0.2) is 5.65 Å². The standard InChI is InChI=1S/C17H10ClN5O3S/c18-12-4-3-10(23(25)26)8-13(12)21-17(24)11-9-20-22-14(5-6-19-16(11)22)15-2-1-7-27-15/h1-9H,(H,21,24). The van der Waals surface area contributed by atoms with Crippen LogP contribution in [0.25, 0.3) is 16.2 Å². The van der Waals surface area contributed by atoms with E-state index in [-0.39, 0.29) is 22.0 Å². The molecule has 0 atom stereocenters. The van der Waals surface area contributed by atoms with Crippen LogP contribution >= 0.6 is 22.9 Å². The van der Waals surface area contributed by atoms with Gasteiger partial charge in [-0.25, -0.2) is 9.50 Å². The average molecular weight is 400 g/mol. The number of fused-ring (bicyclic) bond motifs is 1. The van der Waals surface area contributed by atoms with E-state index in [0.29, 0.717) is 5.65 Å². The van der Waals surface area contributed by atoms with Gasteiger partial charge in [-0.2, -0.15) is 5.10 Å². The molecule has 8 nitrogen and oxygen atoms in total. The van der Waals surface area contributed by atoms with Crippen molar-refractivity contribution in [3.63, 3.8) is 0 Å². The summed E-state index contributed by atoms with van der Waals surface area (Å²) in [5.41, 5.74) is 1.38. The monoisotopic (exact) mass is 399 g/mol. The van der Waals surface area contributed by atoms with Gasteiger partial charge >= 0.3 is 0 Å². The SMILES string of the molecule is O=C(Nc1cc([N+](=O)[O-])ccc1Cl)c1cnn2c(-c3cccs3)ccnc12. The Kier molecular flexibility index (Phi) is 4.30. The molecule has 0 fully saturated rings. The second-order valence-electron chi connectivity index (χ2n) is 5.48. The lowest BCUT2D eigenvalue weighted by Gasteiger charge is -2.06. The Morgan fingerprint density at radius 1 is 1.30 bits per heavy atom. The molecule has 134 valence electrons. The fraction of sp³-hybridized carbons (Fsp3) is 0. The molecule has 4 rings (SSSR count). The van der Waals surface area contributed by atoms with Crippen LogP contribution < -0.4 is 5.32 Å². The first-order valence-electron chi connectivity index (χ1n) is 7.66. The van der Waals surface area contributed by atoms with Gasteiger partial charge in [0.2, 0.25) is 0 Å². The van der Waals surface area contributed by atoms with Crippen molar-refractivity contribution in [2.75, 3.05) is 5.32 Å². The molecule has 27 heavy (non-hydrogen) atoms. The fourth-order valence-electron chi connectivity index (χ4n) is 2.57. The summed E-state index contributed by atoms with van der Waals surface area (Å²) in [5, 5.41) is 19.9. The van der Waals surface area contributed by atoms with Crippen LogP contribution in [0.2, 0.25) is 5.02 Å². The van der Waals surface area contributed by atoms with Crippen LogP contribution in [0.3, 0.4) is 0 Å². The van der Waals surface area contributed by atoms with E-state index in [9.17, 15) is 14.9 Å². The minimum atomic E-state index is -0.559. The molecular formula is C17H10ClN5O3S. The molecule has 1 aromatic carbocycles. The largest absolute Gasteiger partial charge is 0.320 e. The maximum absolute atomic E-state index is 12.7. The van der Waals surface area contributed by atoms with Crippen LogP contribution in [0, 0.1) is 10.1 Å². The molecule has 0 aliphatic heterocycles. The maximum atomic E-state index is 12.7. The smallest absolute Gasteiger partial charge is 0.271 e. The molecule has 1 amide bonds. The molecule has 0 aliphatic carbocycles. The van der Waals surface area contributed by atoms with Gasteiger partial charge in [-0.3, -0.25) is 14.9 Å². The zero-order chi connectivity index (χ0) is 19.0. The Morgan fingerprint density at radius 3 is 2.89 bits per heavy atom. The predicted molar refractivity (Wildman–Crippen MR) is 102 cm³/mol. The first-order valence-corrected chi connectivity index (χ1v) is 8.92. The van der Waals surface area contributed by atoms with Gasteiger partial charge in [-0.15, -0.1) is 11.3 Å². The van der Waals surface area contributed by atoms with Crippen LogP contribution in [0.5, 0.6) is 0 Å².